The van der Waals surface area contributed by atoms with E-state index in [1.807, 2.05) is 42.3 Å². The van der Waals surface area contributed by atoms with Gasteiger partial charge >= 0.3 is 0 Å². The first-order valence-corrected chi connectivity index (χ1v) is 5.79. The van der Waals surface area contributed by atoms with Crippen LogP contribution in [0.4, 0.5) is 5.69 Å². The van der Waals surface area contributed by atoms with Crippen molar-refractivity contribution in [2.24, 2.45) is 0 Å². The molecule has 0 N–H and O–H groups in total. The third-order valence-electron chi connectivity index (χ3n) is 2.77. The van der Waals surface area contributed by atoms with Gasteiger partial charge in [-0.25, -0.2) is 4.98 Å². The maximum atomic E-state index is 8.89. The average Bonchev–Trinajstić information content (AvgIpc) is 2.47. The van der Waals surface area contributed by atoms with E-state index in [2.05, 4.69) is 11.1 Å². The highest BCUT2D eigenvalue weighted by molar-refractivity contribution is 5.51. The quantitative estimate of drug-likeness (QED) is 0.837. The smallest absolute Gasteiger partial charge is 0.140 e. The first kappa shape index (κ1) is 12.6. The van der Waals surface area contributed by atoms with Crippen LogP contribution in [0.3, 0.4) is 0 Å². The Bertz CT molecular complexity index is 664. The highest BCUT2D eigenvalue weighted by Gasteiger charge is 2.04. The first-order valence-electron chi connectivity index (χ1n) is 5.79. The molecule has 0 saturated carbocycles. The predicted molar refractivity (Wildman–Crippen MR) is 72.2 cm³/mol. The van der Waals surface area contributed by atoms with Crippen molar-refractivity contribution in [2.45, 2.75) is 6.54 Å². The SMILES string of the molecule is CN(Cc1ccnc(C#N)c1)c1cccc(C#N)c1. The number of rotatable bonds is 3. The molecule has 0 spiro atoms. The van der Waals surface area contributed by atoms with E-state index in [4.69, 9.17) is 10.5 Å². The lowest BCUT2D eigenvalue weighted by molar-refractivity contribution is 0.918. The van der Waals surface area contributed by atoms with Gasteiger partial charge in [-0.3, -0.25) is 0 Å². The van der Waals surface area contributed by atoms with E-state index in [9.17, 15) is 0 Å². The summed E-state index contributed by atoms with van der Waals surface area (Å²) in [6.07, 6.45) is 1.63. The van der Waals surface area contributed by atoms with Crippen LogP contribution >= 0.6 is 0 Å². The monoisotopic (exact) mass is 248 g/mol. The second-order valence-corrected chi connectivity index (χ2v) is 4.18. The summed E-state index contributed by atoms with van der Waals surface area (Å²) in [6.45, 7) is 0.659. The average molecular weight is 248 g/mol. The molecule has 0 aliphatic heterocycles. The molecule has 0 radical (unpaired) electrons. The van der Waals surface area contributed by atoms with E-state index < -0.39 is 0 Å². The zero-order valence-corrected chi connectivity index (χ0v) is 10.5. The number of nitriles is 2. The van der Waals surface area contributed by atoms with E-state index >= 15 is 0 Å². The lowest BCUT2D eigenvalue weighted by Crippen LogP contribution is -2.16. The molecule has 0 saturated heterocycles. The lowest BCUT2D eigenvalue weighted by atomic mass is 10.2. The number of nitrogens with zero attached hydrogens (tertiary/aromatic N) is 4. The molecule has 0 bridgehead atoms. The van der Waals surface area contributed by atoms with E-state index in [1.165, 1.54) is 0 Å². The number of hydrogen-bond donors (Lipinski definition) is 0. The Morgan fingerprint density at radius 3 is 2.74 bits per heavy atom. The van der Waals surface area contributed by atoms with Crippen molar-refractivity contribution in [3.05, 3.63) is 59.4 Å². The molecular formula is C15H12N4. The van der Waals surface area contributed by atoms with Crippen molar-refractivity contribution in [3.8, 4) is 12.1 Å². The Balaban J connectivity index is 2.18. The Kier molecular flexibility index (Phi) is 3.75. The van der Waals surface area contributed by atoms with E-state index in [0.29, 0.717) is 17.8 Å². The van der Waals surface area contributed by atoms with Crippen molar-refractivity contribution >= 4 is 5.69 Å². The maximum Gasteiger partial charge on any atom is 0.140 e. The number of pyridine rings is 1. The van der Waals surface area contributed by atoms with Gasteiger partial charge in [0.25, 0.3) is 0 Å². The summed E-state index contributed by atoms with van der Waals surface area (Å²) in [6, 6.07) is 15.2. The molecule has 0 amide bonds. The van der Waals surface area contributed by atoms with E-state index in [1.54, 1.807) is 18.3 Å². The molecule has 2 rings (SSSR count). The molecule has 0 aliphatic rings. The van der Waals surface area contributed by atoms with Crippen LogP contribution in [-0.4, -0.2) is 12.0 Å². The van der Waals surface area contributed by atoms with Crippen LogP contribution in [0.1, 0.15) is 16.8 Å². The molecule has 0 aliphatic carbocycles. The molecular weight excluding hydrogens is 236 g/mol. The second kappa shape index (κ2) is 5.66. The zero-order valence-electron chi connectivity index (χ0n) is 10.5. The van der Waals surface area contributed by atoms with Crippen molar-refractivity contribution in [3.63, 3.8) is 0 Å². The Morgan fingerprint density at radius 2 is 2.00 bits per heavy atom. The minimum Gasteiger partial charge on any atom is -0.370 e. The molecule has 2 aromatic rings. The lowest BCUT2D eigenvalue weighted by Gasteiger charge is -2.19. The summed E-state index contributed by atoms with van der Waals surface area (Å²) < 4.78 is 0. The fourth-order valence-corrected chi connectivity index (χ4v) is 1.81. The van der Waals surface area contributed by atoms with Gasteiger partial charge < -0.3 is 4.90 Å². The second-order valence-electron chi connectivity index (χ2n) is 4.18. The zero-order chi connectivity index (χ0) is 13.7. The molecule has 1 heterocycles. The minimum atomic E-state index is 0.414. The van der Waals surface area contributed by atoms with Gasteiger partial charge in [-0.2, -0.15) is 10.5 Å². The standard InChI is InChI=1S/C15H12N4/c1-19(15-4-2-3-12(8-15)9-16)11-13-5-6-18-14(7-13)10-17/h2-8H,11H2,1H3. The fraction of sp³-hybridized carbons (Fsp3) is 0.133. The first-order chi connectivity index (χ1) is 9.22. The highest BCUT2D eigenvalue weighted by Crippen LogP contribution is 2.17. The van der Waals surface area contributed by atoms with Crippen LogP contribution in [0.2, 0.25) is 0 Å². The van der Waals surface area contributed by atoms with Gasteiger partial charge in [-0.05, 0) is 35.9 Å². The van der Waals surface area contributed by atoms with E-state index in [0.717, 1.165) is 11.3 Å². The summed E-state index contributed by atoms with van der Waals surface area (Å²) >= 11 is 0. The van der Waals surface area contributed by atoms with E-state index in [-0.39, 0.29) is 0 Å². The van der Waals surface area contributed by atoms with Crippen LogP contribution in [0.15, 0.2) is 42.6 Å². The molecule has 4 nitrogen and oxygen atoms in total. The summed E-state index contributed by atoms with van der Waals surface area (Å²) in [7, 11) is 1.95. The topological polar surface area (TPSA) is 63.7 Å². The van der Waals surface area contributed by atoms with Crippen LogP contribution in [-0.2, 0) is 6.54 Å². The number of anilines is 1. The van der Waals surface area contributed by atoms with Gasteiger partial charge in [0, 0.05) is 25.5 Å². The Morgan fingerprint density at radius 1 is 1.16 bits per heavy atom. The fourth-order valence-electron chi connectivity index (χ4n) is 1.81. The number of aromatic nitrogens is 1. The van der Waals surface area contributed by atoms with Crippen LogP contribution in [0.25, 0.3) is 0 Å². The van der Waals surface area contributed by atoms with Gasteiger partial charge in [0.2, 0.25) is 0 Å². The van der Waals surface area contributed by atoms with Crippen molar-refractivity contribution in [2.75, 3.05) is 11.9 Å². The van der Waals surface area contributed by atoms with Crippen LogP contribution < -0.4 is 4.90 Å². The molecule has 19 heavy (non-hydrogen) atoms. The molecule has 1 aromatic heterocycles. The van der Waals surface area contributed by atoms with Crippen molar-refractivity contribution < 1.29 is 0 Å². The molecule has 1 aromatic carbocycles. The third kappa shape index (κ3) is 3.08. The summed E-state index contributed by atoms with van der Waals surface area (Å²) in [5.74, 6) is 0. The normalized spacial score (nSPS) is 9.42. The largest absolute Gasteiger partial charge is 0.370 e. The maximum absolute atomic E-state index is 8.89. The minimum absolute atomic E-state index is 0.414. The third-order valence-corrected chi connectivity index (χ3v) is 2.77. The summed E-state index contributed by atoms with van der Waals surface area (Å²) in [5.41, 5.74) is 3.03. The summed E-state index contributed by atoms with van der Waals surface area (Å²) in [5, 5.41) is 17.7. The van der Waals surface area contributed by atoms with Crippen molar-refractivity contribution in [1.29, 1.82) is 10.5 Å². The molecule has 0 fully saturated rings. The Labute approximate surface area is 112 Å². The van der Waals surface area contributed by atoms with Gasteiger partial charge in [0.1, 0.15) is 11.8 Å². The van der Waals surface area contributed by atoms with Crippen molar-refractivity contribution in [1.82, 2.24) is 4.98 Å². The van der Waals surface area contributed by atoms with Crippen LogP contribution in [0.5, 0.6) is 0 Å². The Hall–Kier alpha value is -2.85. The number of benzene rings is 1. The number of hydrogen-bond acceptors (Lipinski definition) is 4. The van der Waals surface area contributed by atoms with Crippen LogP contribution in [0, 0.1) is 22.7 Å². The highest BCUT2D eigenvalue weighted by atomic mass is 15.1. The molecule has 92 valence electrons. The molecule has 4 heteroatoms. The molecule has 0 unspecified atom stereocenters. The van der Waals surface area contributed by atoms with Gasteiger partial charge in [-0.15, -0.1) is 0 Å². The van der Waals surface area contributed by atoms with Gasteiger partial charge in [0.05, 0.1) is 11.6 Å². The molecule has 0 atom stereocenters. The van der Waals surface area contributed by atoms with Gasteiger partial charge in [-0.1, -0.05) is 6.07 Å². The summed E-state index contributed by atoms with van der Waals surface area (Å²) in [4.78, 5) is 5.97. The van der Waals surface area contributed by atoms with Gasteiger partial charge in [0.15, 0.2) is 0 Å². The predicted octanol–water partition coefficient (Wildman–Crippen LogP) is 2.46.